The van der Waals surface area contributed by atoms with Crippen molar-refractivity contribution in [2.75, 3.05) is 7.11 Å². The van der Waals surface area contributed by atoms with Gasteiger partial charge in [0.1, 0.15) is 6.07 Å². The number of carbonyl (C=O) groups excluding carboxylic acids is 1. The zero-order valence-electron chi connectivity index (χ0n) is 6.66. The number of hydrogen-bond donors (Lipinski definition) is 0. The van der Waals surface area contributed by atoms with Crippen LogP contribution in [0.25, 0.3) is 0 Å². The van der Waals surface area contributed by atoms with E-state index in [9.17, 15) is 4.79 Å². The van der Waals surface area contributed by atoms with Gasteiger partial charge in [0.2, 0.25) is 0 Å². The Morgan fingerprint density at radius 2 is 2.36 bits per heavy atom. The van der Waals surface area contributed by atoms with E-state index in [2.05, 4.69) is 9.47 Å². The van der Waals surface area contributed by atoms with Crippen LogP contribution < -0.4 is 0 Å². The van der Waals surface area contributed by atoms with Gasteiger partial charge in [0.05, 0.1) is 7.11 Å². The van der Waals surface area contributed by atoms with Crippen molar-refractivity contribution in [3.63, 3.8) is 0 Å². The third-order valence-electron chi connectivity index (χ3n) is 1.10. The van der Waals surface area contributed by atoms with Crippen LogP contribution in [0.3, 0.4) is 0 Å². The Bertz CT molecular complexity index is 162. The fourth-order valence-corrected chi connectivity index (χ4v) is 0.576. The van der Waals surface area contributed by atoms with Crippen molar-refractivity contribution in [2.24, 2.45) is 0 Å². The van der Waals surface area contributed by atoms with Crippen molar-refractivity contribution in [3.8, 4) is 6.07 Å². The van der Waals surface area contributed by atoms with E-state index in [4.69, 9.17) is 5.26 Å². The summed E-state index contributed by atoms with van der Waals surface area (Å²) in [5.74, 6) is 0. The van der Waals surface area contributed by atoms with Gasteiger partial charge in [0.25, 0.3) is 0 Å². The van der Waals surface area contributed by atoms with Gasteiger partial charge in [-0.05, 0) is 6.42 Å². The number of carbonyl (C=O) groups is 1. The van der Waals surface area contributed by atoms with Crippen molar-refractivity contribution in [3.05, 3.63) is 0 Å². The fourth-order valence-electron chi connectivity index (χ4n) is 0.576. The number of rotatable bonds is 3. The summed E-state index contributed by atoms with van der Waals surface area (Å²) in [5.41, 5.74) is 0. The average Bonchev–Trinajstić information content (AvgIpc) is 2.03. The number of methoxy groups -OCH3 is 1. The van der Waals surface area contributed by atoms with Crippen molar-refractivity contribution in [1.82, 2.24) is 0 Å². The first kappa shape index (κ1) is 9.76. The van der Waals surface area contributed by atoms with E-state index < -0.39 is 12.3 Å². The van der Waals surface area contributed by atoms with Gasteiger partial charge in [-0.1, -0.05) is 13.3 Å². The largest absolute Gasteiger partial charge is 0.509 e. The SMILES string of the molecule is CCCC(C#N)OC(=O)OC. The molecule has 0 aromatic heterocycles. The first-order chi connectivity index (χ1) is 5.24. The van der Waals surface area contributed by atoms with E-state index in [0.29, 0.717) is 6.42 Å². The third-order valence-corrected chi connectivity index (χ3v) is 1.10. The van der Waals surface area contributed by atoms with Gasteiger partial charge in [0, 0.05) is 0 Å². The molecule has 0 radical (unpaired) electrons. The second-order valence-corrected chi connectivity index (χ2v) is 1.98. The molecule has 0 rings (SSSR count). The summed E-state index contributed by atoms with van der Waals surface area (Å²) in [6.45, 7) is 1.91. The summed E-state index contributed by atoms with van der Waals surface area (Å²) in [5, 5.41) is 8.42. The maximum Gasteiger partial charge on any atom is 0.509 e. The maximum atomic E-state index is 10.5. The third kappa shape index (κ3) is 4.20. The quantitative estimate of drug-likeness (QED) is 0.582. The summed E-state index contributed by atoms with van der Waals surface area (Å²) in [6.07, 6.45) is -0.127. The van der Waals surface area contributed by atoms with Crippen LogP contribution in [0, 0.1) is 11.3 Å². The van der Waals surface area contributed by atoms with E-state index in [0.717, 1.165) is 6.42 Å². The van der Waals surface area contributed by atoms with Gasteiger partial charge in [-0.3, -0.25) is 0 Å². The molecule has 0 aromatic carbocycles. The van der Waals surface area contributed by atoms with Crippen LogP contribution >= 0.6 is 0 Å². The molecule has 11 heavy (non-hydrogen) atoms. The van der Waals surface area contributed by atoms with E-state index in [1.54, 1.807) is 0 Å². The number of ether oxygens (including phenoxy) is 2. The van der Waals surface area contributed by atoms with Gasteiger partial charge in [-0.25, -0.2) is 4.79 Å². The van der Waals surface area contributed by atoms with Crippen molar-refractivity contribution in [1.29, 1.82) is 5.26 Å². The second kappa shape index (κ2) is 5.54. The van der Waals surface area contributed by atoms with Gasteiger partial charge in [-0.15, -0.1) is 0 Å². The minimum atomic E-state index is -0.801. The predicted molar refractivity (Wildman–Crippen MR) is 37.8 cm³/mol. The second-order valence-electron chi connectivity index (χ2n) is 1.98. The summed E-state index contributed by atoms with van der Waals surface area (Å²) in [7, 11) is 1.21. The van der Waals surface area contributed by atoms with E-state index >= 15 is 0 Å². The molecular formula is C7H11NO3. The van der Waals surface area contributed by atoms with Crippen LogP contribution in [0.4, 0.5) is 4.79 Å². The normalized spacial score (nSPS) is 11.4. The van der Waals surface area contributed by atoms with Gasteiger partial charge >= 0.3 is 6.16 Å². The summed E-state index contributed by atoms with van der Waals surface area (Å²) in [6, 6.07) is 1.85. The molecule has 62 valence electrons. The molecule has 1 unspecified atom stereocenters. The molecule has 0 bridgehead atoms. The van der Waals surface area contributed by atoms with Gasteiger partial charge in [-0.2, -0.15) is 5.26 Å². The highest BCUT2D eigenvalue weighted by Gasteiger charge is 2.11. The Balaban J connectivity index is 3.70. The van der Waals surface area contributed by atoms with Crippen molar-refractivity contribution < 1.29 is 14.3 Å². The molecule has 0 aliphatic heterocycles. The van der Waals surface area contributed by atoms with E-state index in [-0.39, 0.29) is 0 Å². The van der Waals surface area contributed by atoms with E-state index in [1.807, 2.05) is 13.0 Å². The lowest BCUT2D eigenvalue weighted by atomic mass is 10.2. The zero-order chi connectivity index (χ0) is 8.69. The molecule has 1 atom stereocenters. The lowest BCUT2D eigenvalue weighted by Crippen LogP contribution is -2.15. The van der Waals surface area contributed by atoms with Crippen molar-refractivity contribution >= 4 is 6.16 Å². The Morgan fingerprint density at radius 3 is 2.73 bits per heavy atom. The maximum absolute atomic E-state index is 10.5. The average molecular weight is 157 g/mol. The molecule has 0 N–H and O–H groups in total. The highest BCUT2D eigenvalue weighted by atomic mass is 16.7. The summed E-state index contributed by atoms with van der Waals surface area (Å²) >= 11 is 0. The monoisotopic (exact) mass is 157 g/mol. The lowest BCUT2D eigenvalue weighted by Gasteiger charge is -2.06. The molecule has 0 saturated heterocycles. The lowest BCUT2D eigenvalue weighted by molar-refractivity contribution is 0.0521. The Kier molecular flexibility index (Phi) is 4.91. The van der Waals surface area contributed by atoms with Crippen LogP contribution in [0.1, 0.15) is 19.8 Å². The number of nitrogens with zero attached hydrogens (tertiary/aromatic N) is 1. The Labute approximate surface area is 65.7 Å². The zero-order valence-corrected chi connectivity index (χ0v) is 6.66. The van der Waals surface area contributed by atoms with Crippen LogP contribution in [0.15, 0.2) is 0 Å². The molecule has 0 saturated carbocycles. The molecular weight excluding hydrogens is 146 g/mol. The Morgan fingerprint density at radius 1 is 1.73 bits per heavy atom. The molecule has 0 amide bonds. The molecule has 4 nitrogen and oxygen atoms in total. The van der Waals surface area contributed by atoms with Gasteiger partial charge in [0.15, 0.2) is 6.10 Å². The van der Waals surface area contributed by atoms with Crippen LogP contribution in [0.5, 0.6) is 0 Å². The van der Waals surface area contributed by atoms with Gasteiger partial charge < -0.3 is 9.47 Å². The first-order valence-electron chi connectivity index (χ1n) is 3.38. The summed E-state index contributed by atoms with van der Waals surface area (Å²) < 4.78 is 8.78. The van der Waals surface area contributed by atoms with Crippen LogP contribution in [0.2, 0.25) is 0 Å². The standard InChI is InChI=1S/C7H11NO3/c1-3-4-6(5-8)11-7(9)10-2/h6H,3-4H2,1-2H3. The Hall–Kier alpha value is -1.24. The van der Waals surface area contributed by atoms with Crippen LogP contribution in [-0.2, 0) is 9.47 Å². The summed E-state index contributed by atoms with van der Waals surface area (Å²) in [4.78, 5) is 10.5. The van der Waals surface area contributed by atoms with E-state index in [1.165, 1.54) is 7.11 Å². The van der Waals surface area contributed by atoms with Crippen molar-refractivity contribution in [2.45, 2.75) is 25.9 Å². The molecule has 0 fully saturated rings. The number of hydrogen-bond acceptors (Lipinski definition) is 4. The molecule has 0 aliphatic carbocycles. The minimum Gasteiger partial charge on any atom is -0.438 e. The topological polar surface area (TPSA) is 59.3 Å². The predicted octanol–water partition coefficient (Wildman–Crippen LogP) is 1.46. The first-order valence-corrected chi connectivity index (χ1v) is 3.38. The highest BCUT2D eigenvalue weighted by Crippen LogP contribution is 2.01. The smallest absolute Gasteiger partial charge is 0.438 e. The van der Waals surface area contributed by atoms with Crippen LogP contribution in [-0.4, -0.2) is 19.4 Å². The highest BCUT2D eigenvalue weighted by molar-refractivity contribution is 5.60. The fraction of sp³-hybridized carbons (Fsp3) is 0.714. The molecule has 0 heterocycles. The number of nitriles is 1. The molecule has 0 spiro atoms. The minimum absolute atomic E-state index is 0.547. The molecule has 0 aromatic rings. The molecule has 0 aliphatic rings. The molecule has 4 heteroatoms.